The van der Waals surface area contributed by atoms with Crippen LogP contribution in [0.3, 0.4) is 0 Å². The molecule has 0 radical (unpaired) electrons. The molecule has 1 atom stereocenters. The molecule has 0 aromatic carbocycles. The van der Waals surface area contributed by atoms with Gasteiger partial charge >= 0.3 is 0 Å². The third-order valence-corrected chi connectivity index (χ3v) is 3.46. The predicted octanol–water partition coefficient (Wildman–Crippen LogP) is 1.45. The first-order valence-electron chi connectivity index (χ1n) is 6.17. The van der Waals surface area contributed by atoms with Gasteiger partial charge in [0.25, 0.3) is 0 Å². The van der Waals surface area contributed by atoms with Gasteiger partial charge in [0.1, 0.15) is 5.82 Å². The van der Waals surface area contributed by atoms with Crippen LogP contribution in [-0.2, 0) is 0 Å². The number of anilines is 1. The molecule has 0 aliphatic carbocycles. The summed E-state index contributed by atoms with van der Waals surface area (Å²) in [7, 11) is 0. The fourth-order valence-corrected chi connectivity index (χ4v) is 2.07. The number of piperidine rings is 1. The average Bonchev–Trinajstić information content (AvgIpc) is 2.29. The van der Waals surface area contributed by atoms with E-state index in [9.17, 15) is 5.11 Å². The first kappa shape index (κ1) is 12.3. The van der Waals surface area contributed by atoms with Gasteiger partial charge in [-0.05, 0) is 38.3 Å². The summed E-state index contributed by atoms with van der Waals surface area (Å²) in [5.74, 6) is 0.977. The van der Waals surface area contributed by atoms with E-state index in [1.54, 1.807) is 0 Å². The van der Waals surface area contributed by atoms with E-state index in [0.29, 0.717) is 0 Å². The Hall–Kier alpha value is -1.13. The second-order valence-electron chi connectivity index (χ2n) is 5.22. The Morgan fingerprint density at radius 2 is 2.06 bits per heavy atom. The lowest BCUT2D eigenvalue weighted by Gasteiger charge is -2.36. The zero-order chi connectivity index (χ0) is 12.5. The minimum atomic E-state index is -0.512. The molecule has 0 unspecified atom stereocenters. The maximum Gasteiger partial charge on any atom is 0.128 e. The number of pyridine rings is 1. The number of aliphatic hydroxyl groups is 1. The van der Waals surface area contributed by atoms with Crippen molar-refractivity contribution >= 4 is 5.82 Å². The topological polar surface area (TPSA) is 62.4 Å². The predicted molar refractivity (Wildman–Crippen MR) is 68.9 cm³/mol. The highest BCUT2D eigenvalue weighted by molar-refractivity contribution is 5.40. The molecular formula is C13H21N3O. The van der Waals surface area contributed by atoms with E-state index >= 15 is 0 Å². The quantitative estimate of drug-likeness (QED) is 0.814. The van der Waals surface area contributed by atoms with Crippen LogP contribution in [0.4, 0.5) is 5.82 Å². The van der Waals surface area contributed by atoms with Gasteiger partial charge in [0.15, 0.2) is 0 Å². The van der Waals surface area contributed by atoms with E-state index in [1.807, 2.05) is 32.2 Å². The molecule has 94 valence electrons. The van der Waals surface area contributed by atoms with Gasteiger partial charge in [0, 0.05) is 25.3 Å². The van der Waals surface area contributed by atoms with Crippen LogP contribution in [0.2, 0.25) is 0 Å². The third-order valence-electron chi connectivity index (χ3n) is 3.46. The van der Waals surface area contributed by atoms with E-state index in [2.05, 4.69) is 9.88 Å². The third kappa shape index (κ3) is 2.96. The molecule has 1 aromatic rings. The summed E-state index contributed by atoms with van der Waals surface area (Å²) < 4.78 is 0. The first-order valence-corrected chi connectivity index (χ1v) is 6.17. The van der Waals surface area contributed by atoms with Gasteiger partial charge in [0.05, 0.1) is 5.60 Å². The molecule has 1 aliphatic heterocycles. The Labute approximate surface area is 102 Å². The molecule has 4 nitrogen and oxygen atoms in total. The second-order valence-corrected chi connectivity index (χ2v) is 5.22. The summed E-state index contributed by atoms with van der Waals surface area (Å²) in [6.45, 7) is 5.57. The van der Waals surface area contributed by atoms with Gasteiger partial charge in [-0.15, -0.1) is 0 Å². The largest absolute Gasteiger partial charge is 0.390 e. The molecule has 1 saturated heterocycles. The molecule has 1 fully saturated rings. The Balaban J connectivity index is 2.04. The summed E-state index contributed by atoms with van der Waals surface area (Å²) in [4.78, 5) is 6.65. The molecule has 1 aromatic heterocycles. The molecule has 17 heavy (non-hydrogen) atoms. The van der Waals surface area contributed by atoms with Crippen molar-refractivity contribution in [1.82, 2.24) is 4.98 Å². The smallest absolute Gasteiger partial charge is 0.128 e. The molecule has 0 bridgehead atoms. The molecule has 2 heterocycles. The number of rotatable bonds is 2. The lowest BCUT2D eigenvalue weighted by molar-refractivity contribution is 0.0350. The van der Waals surface area contributed by atoms with Crippen LogP contribution in [-0.4, -0.2) is 28.8 Å². The van der Waals surface area contributed by atoms with Gasteiger partial charge in [0.2, 0.25) is 0 Å². The van der Waals surface area contributed by atoms with Crippen molar-refractivity contribution in [3.05, 3.63) is 23.9 Å². The van der Waals surface area contributed by atoms with E-state index in [1.165, 1.54) is 0 Å². The van der Waals surface area contributed by atoms with Gasteiger partial charge in [-0.25, -0.2) is 4.98 Å². The number of hydrogen-bond donors (Lipinski definition) is 2. The molecule has 1 aliphatic rings. The average molecular weight is 235 g/mol. The lowest BCUT2D eigenvalue weighted by atomic mass is 9.94. The minimum Gasteiger partial charge on any atom is -0.390 e. The van der Waals surface area contributed by atoms with Crippen LogP contribution >= 0.6 is 0 Å². The standard InChI is InChI=1S/C13H21N3O/c1-10(14)11-3-4-12(15-9-11)16-7-5-13(2,17)6-8-16/h3-4,9-10,17H,5-8,14H2,1-2H3/t10-/m0/s1. The van der Waals surface area contributed by atoms with E-state index in [0.717, 1.165) is 37.3 Å². The molecule has 4 heteroatoms. The second kappa shape index (κ2) is 4.63. The van der Waals surface area contributed by atoms with Gasteiger partial charge in [-0.1, -0.05) is 6.07 Å². The van der Waals surface area contributed by atoms with E-state index in [-0.39, 0.29) is 6.04 Å². The van der Waals surface area contributed by atoms with Crippen LogP contribution in [0, 0.1) is 0 Å². The van der Waals surface area contributed by atoms with Crippen LogP contribution in [0.25, 0.3) is 0 Å². The SMILES string of the molecule is C[C@H](N)c1ccc(N2CCC(C)(O)CC2)nc1. The van der Waals surface area contributed by atoms with E-state index < -0.39 is 5.60 Å². The normalized spacial score (nSPS) is 21.3. The van der Waals surface area contributed by atoms with Crippen molar-refractivity contribution in [3.8, 4) is 0 Å². The molecule has 0 saturated carbocycles. The highest BCUT2D eigenvalue weighted by Crippen LogP contribution is 2.24. The van der Waals surface area contributed by atoms with E-state index in [4.69, 9.17) is 5.73 Å². The van der Waals surface area contributed by atoms with Crippen molar-refractivity contribution in [1.29, 1.82) is 0 Å². The van der Waals surface area contributed by atoms with Gasteiger partial charge < -0.3 is 15.7 Å². The summed E-state index contributed by atoms with van der Waals surface area (Å²) in [5.41, 5.74) is 6.33. The van der Waals surface area contributed by atoms with Crippen molar-refractivity contribution in [2.75, 3.05) is 18.0 Å². The highest BCUT2D eigenvalue weighted by Gasteiger charge is 2.27. The highest BCUT2D eigenvalue weighted by atomic mass is 16.3. The minimum absolute atomic E-state index is 0.0265. The Bertz CT molecular complexity index is 363. The molecule has 0 spiro atoms. The van der Waals surface area contributed by atoms with Crippen molar-refractivity contribution in [2.45, 2.75) is 38.3 Å². The Morgan fingerprint density at radius 1 is 1.41 bits per heavy atom. The molecule has 0 amide bonds. The van der Waals surface area contributed by atoms with Crippen LogP contribution in [0.5, 0.6) is 0 Å². The maximum atomic E-state index is 9.89. The van der Waals surface area contributed by atoms with Crippen LogP contribution in [0.15, 0.2) is 18.3 Å². The Morgan fingerprint density at radius 3 is 2.53 bits per heavy atom. The lowest BCUT2D eigenvalue weighted by Crippen LogP contribution is -2.42. The Kier molecular flexibility index (Phi) is 3.35. The zero-order valence-electron chi connectivity index (χ0n) is 10.6. The molecule has 2 rings (SSSR count). The summed E-state index contributed by atoms with van der Waals surface area (Å²) in [6.07, 6.45) is 3.43. The van der Waals surface area contributed by atoms with Crippen molar-refractivity contribution in [2.24, 2.45) is 5.73 Å². The fourth-order valence-electron chi connectivity index (χ4n) is 2.07. The summed E-state index contributed by atoms with van der Waals surface area (Å²) in [6, 6.07) is 4.07. The summed E-state index contributed by atoms with van der Waals surface area (Å²) in [5, 5.41) is 9.89. The maximum absolute atomic E-state index is 9.89. The fraction of sp³-hybridized carbons (Fsp3) is 0.615. The van der Waals surface area contributed by atoms with Crippen LogP contribution < -0.4 is 10.6 Å². The monoisotopic (exact) mass is 235 g/mol. The van der Waals surface area contributed by atoms with Crippen molar-refractivity contribution in [3.63, 3.8) is 0 Å². The first-order chi connectivity index (χ1) is 7.98. The summed E-state index contributed by atoms with van der Waals surface area (Å²) >= 11 is 0. The number of nitrogens with zero attached hydrogens (tertiary/aromatic N) is 2. The van der Waals surface area contributed by atoms with Crippen LogP contribution in [0.1, 0.15) is 38.3 Å². The zero-order valence-corrected chi connectivity index (χ0v) is 10.6. The van der Waals surface area contributed by atoms with Gasteiger partial charge in [-0.2, -0.15) is 0 Å². The van der Waals surface area contributed by atoms with Gasteiger partial charge in [-0.3, -0.25) is 0 Å². The van der Waals surface area contributed by atoms with Crippen molar-refractivity contribution < 1.29 is 5.11 Å². The molecular weight excluding hydrogens is 214 g/mol. The molecule has 3 N–H and O–H groups in total. The number of nitrogens with two attached hydrogens (primary N) is 1. The number of hydrogen-bond acceptors (Lipinski definition) is 4. The number of aromatic nitrogens is 1.